The number of nitrogens with zero attached hydrogens (tertiary/aromatic N) is 2. The van der Waals surface area contributed by atoms with Gasteiger partial charge in [-0.1, -0.05) is 6.92 Å². The summed E-state index contributed by atoms with van der Waals surface area (Å²) in [6.45, 7) is 4.49. The molecule has 96 valence electrons. The Labute approximate surface area is 101 Å². The third kappa shape index (κ3) is 2.53. The van der Waals surface area contributed by atoms with E-state index in [0.29, 0.717) is 13.1 Å². The fourth-order valence-electron chi connectivity index (χ4n) is 2.73. The van der Waals surface area contributed by atoms with Crippen molar-refractivity contribution in [3.05, 3.63) is 0 Å². The van der Waals surface area contributed by atoms with E-state index in [1.165, 1.54) is 6.42 Å². The summed E-state index contributed by atoms with van der Waals surface area (Å²) < 4.78 is 0. The van der Waals surface area contributed by atoms with Gasteiger partial charge in [-0.25, -0.2) is 4.79 Å². The summed E-state index contributed by atoms with van der Waals surface area (Å²) in [6, 6.07) is 0.0281. The van der Waals surface area contributed by atoms with Gasteiger partial charge in [-0.05, 0) is 25.2 Å². The summed E-state index contributed by atoms with van der Waals surface area (Å²) in [7, 11) is 0. The second kappa shape index (κ2) is 4.94. The van der Waals surface area contributed by atoms with Crippen molar-refractivity contribution in [3.8, 4) is 0 Å². The van der Waals surface area contributed by atoms with Crippen molar-refractivity contribution in [2.75, 3.05) is 26.2 Å². The zero-order valence-corrected chi connectivity index (χ0v) is 10.3. The zero-order valence-electron chi connectivity index (χ0n) is 10.3. The molecule has 0 radical (unpaired) electrons. The molecule has 5 heteroatoms. The van der Waals surface area contributed by atoms with Crippen LogP contribution in [0.1, 0.15) is 26.2 Å². The van der Waals surface area contributed by atoms with Crippen LogP contribution in [0.3, 0.4) is 0 Å². The Bertz CT molecular complexity index is 313. The van der Waals surface area contributed by atoms with Crippen molar-refractivity contribution in [2.24, 2.45) is 11.8 Å². The van der Waals surface area contributed by atoms with E-state index in [-0.39, 0.29) is 11.9 Å². The van der Waals surface area contributed by atoms with E-state index in [9.17, 15) is 9.59 Å². The number of rotatable bonds is 1. The van der Waals surface area contributed by atoms with Gasteiger partial charge in [-0.3, -0.25) is 4.79 Å². The summed E-state index contributed by atoms with van der Waals surface area (Å²) in [5, 5.41) is 9.04. The van der Waals surface area contributed by atoms with E-state index in [1.807, 2.05) is 11.8 Å². The van der Waals surface area contributed by atoms with Crippen LogP contribution < -0.4 is 0 Å². The molecule has 2 amide bonds. The van der Waals surface area contributed by atoms with Gasteiger partial charge in [-0.15, -0.1) is 0 Å². The number of carbonyl (C=O) groups is 2. The van der Waals surface area contributed by atoms with Crippen LogP contribution >= 0.6 is 0 Å². The summed E-state index contributed by atoms with van der Waals surface area (Å²) in [5.41, 5.74) is 0. The van der Waals surface area contributed by atoms with Gasteiger partial charge in [0.05, 0.1) is 5.92 Å². The minimum Gasteiger partial charge on any atom is -0.481 e. The molecular weight excluding hydrogens is 220 g/mol. The first-order chi connectivity index (χ1) is 8.09. The van der Waals surface area contributed by atoms with E-state index in [0.717, 1.165) is 25.9 Å². The number of hydrogen-bond acceptors (Lipinski definition) is 2. The van der Waals surface area contributed by atoms with Gasteiger partial charge >= 0.3 is 12.0 Å². The quantitative estimate of drug-likeness (QED) is 0.750. The van der Waals surface area contributed by atoms with Crippen molar-refractivity contribution >= 4 is 12.0 Å². The topological polar surface area (TPSA) is 60.9 Å². The molecule has 0 aliphatic carbocycles. The highest BCUT2D eigenvalue weighted by Crippen LogP contribution is 2.24. The van der Waals surface area contributed by atoms with Gasteiger partial charge in [0, 0.05) is 26.2 Å². The van der Waals surface area contributed by atoms with E-state index in [2.05, 4.69) is 0 Å². The summed E-state index contributed by atoms with van der Waals surface area (Å²) in [4.78, 5) is 26.7. The molecule has 1 N–H and O–H groups in total. The van der Waals surface area contributed by atoms with Gasteiger partial charge in [-0.2, -0.15) is 0 Å². The van der Waals surface area contributed by atoms with Crippen LogP contribution in [-0.4, -0.2) is 53.1 Å². The summed E-state index contributed by atoms with van der Waals surface area (Å²) in [5.74, 6) is -1.13. The van der Waals surface area contributed by atoms with E-state index >= 15 is 0 Å². The molecule has 2 aliphatic rings. The SMILES string of the molecule is C[C@@H]1CN(C(=O)N2CCCCC2)C[C@H]1C(=O)O. The largest absolute Gasteiger partial charge is 0.481 e. The van der Waals surface area contributed by atoms with Crippen LogP contribution in [0.15, 0.2) is 0 Å². The van der Waals surface area contributed by atoms with Gasteiger partial charge in [0.1, 0.15) is 0 Å². The maximum Gasteiger partial charge on any atom is 0.320 e. The Hall–Kier alpha value is -1.26. The lowest BCUT2D eigenvalue weighted by Crippen LogP contribution is -2.44. The van der Waals surface area contributed by atoms with Crippen molar-refractivity contribution in [3.63, 3.8) is 0 Å². The molecule has 0 saturated carbocycles. The average molecular weight is 240 g/mol. The van der Waals surface area contributed by atoms with Crippen molar-refractivity contribution in [2.45, 2.75) is 26.2 Å². The molecule has 0 spiro atoms. The standard InChI is InChI=1S/C12H20N2O3/c1-9-7-14(8-10(9)11(15)16)12(17)13-5-3-2-4-6-13/h9-10H,2-8H2,1H3,(H,15,16)/t9-,10-/m1/s1. The summed E-state index contributed by atoms with van der Waals surface area (Å²) >= 11 is 0. The van der Waals surface area contributed by atoms with Crippen LogP contribution in [-0.2, 0) is 4.79 Å². The number of urea groups is 1. The number of hydrogen-bond donors (Lipinski definition) is 1. The molecule has 2 rings (SSSR count). The van der Waals surface area contributed by atoms with Crippen LogP contribution in [0.4, 0.5) is 4.79 Å². The molecule has 5 nitrogen and oxygen atoms in total. The monoisotopic (exact) mass is 240 g/mol. The fraction of sp³-hybridized carbons (Fsp3) is 0.833. The normalized spacial score (nSPS) is 29.5. The van der Waals surface area contributed by atoms with Gasteiger partial charge in [0.15, 0.2) is 0 Å². The number of likely N-dealkylation sites (tertiary alicyclic amines) is 2. The molecular formula is C12H20N2O3. The van der Waals surface area contributed by atoms with Crippen LogP contribution in [0.5, 0.6) is 0 Å². The zero-order chi connectivity index (χ0) is 12.4. The third-order valence-electron chi connectivity index (χ3n) is 3.83. The molecule has 2 saturated heterocycles. The predicted octanol–water partition coefficient (Wildman–Crippen LogP) is 1.24. The lowest BCUT2D eigenvalue weighted by Gasteiger charge is -2.31. The minimum absolute atomic E-state index is 0.0281. The van der Waals surface area contributed by atoms with E-state index in [4.69, 9.17) is 5.11 Å². The Balaban J connectivity index is 1.94. The molecule has 2 fully saturated rings. The van der Waals surface area contributed by atoms with Crippen molar-refractivity contribution in [1.29, 1.82) is 0 Å². The Kier molecular flexibility index (Phi) is 3.54. The lowest BCUT2D eigenvalue weighted by atomic mass is 9.99. The second-order valence-corrected chi connectivity index (χ2v) is 5.16. The Morgan fingerprint density at radius 2 is 1.71 bits per heavy atom. The van der Waals surface area contributed by atoms with Gasteiger partial charge in [0.2, 0.25) is 0 Å². The first kappa shape index (κ1) is 12.2. The van der Waals surface area contributed by atoms with E-state index in [1.54, 1.807) is 4.90 Å². The molecule has 0 aromatic carbocycles. The number of aliphatic carboxylic acids is 1. The second-order valence-electron chi connectivity index (χ2n) is 5.16. The molecule has 0 unspecified atom stereocenters. The first-order valence-corrected chi connectivity index (χ1v) is 6.36. The summed E-state index contributed by atoms with van der Waals surface area (Å²) in [6.07, 6.45) is 3.33. The highest BCUT2D eigenvalue weighted by molar-refractivity contribution is 5.77. The van der Waals surface area contributed by atoms with Gasteiger partial charge in [0.25, 0.3) is 0 Å². The highest BCUT2D eigenvalue weighted by atomic mass is 16.4. The average Bonchev–Trinajstić information content (AvgIpc) is 2.71. The maximum atomic E-state index is 12.2. The molecule has 0 aromatic heterocycles. The van der Waals surface area contributed by atoms with Gasteiger partial charge < -0.3 is 14.9 Å². The number of amides is 2. The smallest absolute Gasteiger partial charge is 0.320 e. The number of piperidine rings is 1. The molecule has 17 heavy (non-hydrogen) atoms. The van der Waals surface area contributed by atoms with Crippen LogP contribution in [0, 0.1) is 11.8 Å². The molecule has 2 aliphatic heterocycles. The minimum atomic E-state index is -0.786. The Morgan fingerprint density at radius 3 is 2.24 bits per heavy atom. The van der Waals surface area contributed by atoms with Crippen molar-refractivity contribution in [1.82, 2.24) is 9.80 Å². The molecule has 0 aromatic rings. The fourth-order valence-corrected chi connectivity index (χ4v) is 2.73. The van der Waals surface area contributed by atoms with E-state index < -0.39 is 11.9 Å². The Morgan fingerprint density at radius 1 is 1.06 bits per heavy atom. The number of carboxylic acids is 1. The molecule has 2 atom stereocenters. The van der Waals surface area contributed by atoms with Crippen LogP contribution in [0.2, 0.25) is 0 Å². The number of carbonyl (C=O) groups excluding carboxylic acids is 1. The predicted molar refractivity (Wildman–Crippen MR) is 62.7 cm³/mol. The highest BCUT2D eigenvalue weighted by Gasteiger charge is 2.38. The lowest BCUT2D eigenvalue weighted by molar-refractivity contribution is -0.142. The maximum absolute atomic E-state index is 12.2. The van der Waals surface area contributed by atoms with Crippen molar-refractivity contribution < 1.29 is 14.7 Å². The first-order valence-electron chi connectivity index (χ1n) is 6.36. The van der Waals surface area contributed by atoms with Crippen LogP contribution in [0.25, 0.3) is 0 Å². The number of carboxylic acid groups (broad SMARTS) is 1. The molecule has 0 bridgehead atoms. The third-order valence-corrected chi connectivity index (χ3v) is 3.83. The molecule has 2 heterocycles.